The molecule has 0 spiro atoms. The summed E-state index contributed by atoms with van der Waals surface area (Å²) in [5.74, 6) is -2.45. The molecule has 1 aliphatic heterocycles. The van der Waals surface area contributed by atoms with Crippen molar-refractivity contribution in [3.05, 3.63) is 68.9 Å². The molecule has 36 heavy (non-hydrogen) atoms. The SMILES string of the molecule is Cc1noc(=O)c2ccc(NC(=O)C(O)(CC3(c4cc(F)ccc4Cl)CCOCC3)C(F)(F)F)cc12. The van der Waals surface area contributed by atoms with Crippen molar-refractivity contribution < 1.29 is 36.7 Å². The number of amides is 1. The van der Waals surface area contributed by atoms with Gasteiger partial charge < -0.3 is 19.7 Å². The first kappa shape index (κ1) is 26.1. The van der Waals surface area contributed by atoms with Crippen LogP contribution in [0, 0.1) is 12.7 Å². The smallest absolute Gasteiger partial charge is 0.381 e. The summed E-state index contributed by atoms with van der Waals surface area (Å²) in [6, 6.07) is 7.05. The van der Waals surface area contributed by atoms with E-state index in [1.165, 1.54) is 31.2 Å². The maximum atomic E-state index is 14.3. The first-order valence-electron chi connectivity index (χ1n) is 10.9. The van der Waals surface area contributed by atoms with Crippen LogP contribution in [-0.4, -0.2) is 41.2 Å². The number of anilines is 1. The summed E-state index contributed by atoms with van der Waals surface area (Å²) in [5.41, 5.74) is -5.89. The van der Waals surface area contributed by atoms with E-state index in [2.05, 4.69) is 15.0 Å². The van der Waals surface area contributed by atoms with E-state index in [9.17, 15) is 32.3 Å². The van der Waals surface area contributed by atoms with Crippen LogP contribution in [-0.2, 0) is 14.9 Å². The van der Waals surface area contributed by atoms with Crippen LogP contribution in [0.1, 0.15) is 30.5 Å². The van der Waals surface area contributed by atoms with E-state index in [4.69, 9.17) is 16.3 Å². The molecule has 2 N–H and O–H groups in total. The van der Waals surface area contributed by atoms with Crippen LogP contribution < -0.4 is 10.9 Å². The number of hydrogen-bond acceptors (Lipinski definition) is 6. The van der Waals surface area contributed by atoms with E-state index in [1.54, 1.807) is 0 Å². The summed E-state index contributed by atoms with van der Waals surface area (Å²) in [6.07, 6.45) is -6.56. The molecule has 3 aromatic rings. The van der Waals surface area contributed by atoms with Crippen molar-refractivity contribution in [1.29, 1.82) is 0 Å². The Kier molecular flexibility index (Phi) is 6.84. The molecule has 0 radical (unpaired) electrons. The minimum Gasteiger partial charge on any atom is -0.381 e. The number of halogens is 5. The van der Waals surface area contributed by atoms with Crippen LogP contribution in [0.3, 0.4) is 0 Å². The maximum absolute atomic E-state index is 14.3. The molecule has 0 bridgehead atoms. The lowest BCUT2D eigenvalue weighted by Crippen LogP contribution is -2.58. The molecule has 4 rings (SSSR count). The van der Waals surface area contributed by atoms with Gasteiger partial charge in [0.05, 0.1) is 11.1 Å². The molecule has 1 atom stereocenters. The second kappa shape index (κ2) is 9.45. The van der Waals surface area contributed by atoms with E-state index in [-0.39, 0.29) is 58.8 Å². The fourth-order valence-corrected chi connectivity index (χ4v) is 4.87. The Morgan fingerprint density at radius 1 is 1.17 bits per heavy atom. The van der Waals surface area contributed by atoms with Gasteiger partial charge in [0.2, 0.25) is 5.60 Å². The van der Waals surface area contributed by atoms with Crippen LogP contribution in [0.2, 0.25) is 5.02 Å². The van der Waals surface area contributed by atoms with E-state index < -0.39 is 41.0 Å². The van der Waals surface area contributed by atoms with Gasteiger partial charge in [0.15, 0.2) is 0 Å². The van der Waals surface area contributed by atoms with Crippen molar-refractivity contribution in [2.45, 2.75) is 43.4 Å². The van der Waals surface area contributed by atoms with Gasteiger partial charge in [0.1, 0.15) is 5.82 Å². The summed E-state index contributed by atoms with van der Waals surface area (Å²) in [5, 5.41) is 17.0. The standard InChI is InChI=1S/C24H21ClF4N2O5/c1-13-17-11-15(3-4-16(17)20(32)36-31-13)30-21(33)23(34,24(27,28)29)12-22(6-8-35-9-7-22)18-10-14(26)2-5-19(18)25/h2-5,10-11,34H,6-9,12H2,1H3,(H,30,33). The van der Waals surface area contributed by atoms with Gasteiger partial charge in [0.25, 0.3) is 5.91 Å². The molecular formula is C24H21ClF4N2O5. The lowest BCUT2D eigenvalue weighted by molar-refractivity contribution is -0.257. The molecule has 1 aromatic heterocycles. The fraction of sp³-hybridized carbons (Fsp3) is 0.375. The highest BCUT2D eigenvalue weighted by atomic mass is 35.5. The lowest BCUT2D eigenvalue weighted by atomic mass is 9.67. The fourth-order valence-electron chi connectivity index (χ4n) is 4.55. The third-order valence-corrected chi connectivity index (χ3v) is 6.87. The van der Waals surface area contributed by atoms with Crippen LogP contribution in [0.25, 0.3) is 10.8 Å². The van der Waals surface area contributed by atoms with Crippen molar-refractivity contribution in [3.63, 3.8) is 0 Å². The summed E-state index contributed by atoms with van der Waals surface area (Å²) in [6.45, 7) is 1.57. The highest BCUT2D eigenvalue weighted by Gasteiger charge is 2.63. The van der Waals surface area contributed by atoms with Crippen molar-refractivity contribution >= 4 is 34.0 Å². The second-order valence-electron chi connectivity index (χ2n) is 8.82. The normalized spacial score (nSPS) is 17.5. The highest BCUT2D eigenvalue weighted by molar-refractivity contribution is 6.31. The minimum atomic E-state index is -5.39. The Morgan fingerprint density at radius 3 is 2.53 bits per heavy atom. The molecule has 2 aromatic carbocycles. The van der Waals surface area contributed by atoms with Gasteiger partial charge in [-0.25, -0.2) is 9.18 Å². The van der Waals surface area contributed by atoms with Gasteiger partial charge in [-0.2, -0.15) is 13.2 Å². The van der Waals surface area contributed by atoms with Crippen LogP contribution >= 0.6 is 11.6 Å². The number of rotatable bonds is 5. The first-order chi connectivity index (χ1) is 16.9. The Morgan fingerprint density at radius 2 is 1.86 bits per heavy atom. The number of nitrogens with zero attached hydrogens (tertiary/aromatic N) is 1. The average Bonchev–Trinajstić information content (AvgIpc) is 2.83. The number of aliphatic hydroxyl groups is 1. The second-order valence-corrected chi connectivity index (χ2v) is 9.23. The lowest BCUT2D eigenvalue weighted by Gasteiger charge is -2.43. The molecule has 1 amide bonds. The summed E-state index contributed by atoms with van der Waals surface area (Å²) >= 11 is 6.24. The quantitative estimate of drug-likeness (QED) is 0.467. The van der Waals surface area contributed by atoms with Crippen LogP contribution in [0.5, 0.6) is 0 Å². The number of carbonyl (C=O) groups is 1. The molecule has 1 fully saturated rings. The number of benzene rings is 2. The number of hydrogen-bond donors (Lipinski definition) is 2. The summed E-state index contributed by atoms with van der Waals surface area (Å²) in [7, 11) is 0. The average molecular weight is 529 g/mol. The first-order valence-corrected chi connectivity index (χ1v) is 11.3. The van der Waals surface area contributed by atoms with Crippen molar-refractivity contribution in [2.24, 2.45) is 0 Å². The molecule has 0 saturated carbocycles. The molecular weight excluding hydrogens is 508 g/mol. The number of ether oxygens (including phenoxy) is 1. The number of aryl methyl sites for hydroxylation is 1. The molecule has 1 unspecified atom stereocenters. The predicted octanol–water partition coefficient (Wildman–Crippen LogP) is 4.66. The van der Waals surface area contributed by atoms with E-state index >= 15 is 0 Å². The molecule has 7 nitrogen and oxygen atoms in total. The molecule has 1 saturated heterocycles. The van der Waals surface area contributed by atoms with Gasteiger partial charge in [0, 0.05) is 41.1 Å². The van der Waals surface area contributed by atoms with Gasteiger partial charge in [-0.1, -0.05) is 16.8 Å². The Bertz CT molecular complexity index is 1370. The number of carbonyl (C=O) groups excluding carboxylic acids is 1. The number of alkyl halides is 3. The van der Waals surface area contributed by atoms with Crippen molar-refractivity contribution in [1.82, 2.24) is 5.16 Å². The van der Waals surface area contributed by atoms with E-state index in [1.807, 2.05) is 0 Å². The van der Waals surface area contributed by atoms with Gasteiger partial charge in [-0.05, 0) is 61.7 Å². The zero-order valence-electron chi connectivity index (χ0n) is 18.9. The molecule has 192 valence electrons. The third kappa shape index (κ3) is 4.70. The molecule has 12 heteroatoms. The van der Waals surface area contributed by atoms with Crippen molar-refractivity contribution in [3.8, 4) is 0 Å². The number of fused-ring (bicyclic) bond motifs is 1. The van der Waals surface area contributed by atoms with Crippen LogP contribution in [0.4, 0.5) is 23.2 Å². The minimum absolute atomic E-state index is 0.0135. The topological polar surface area (TPSA) is 102 Å². The van der Waals surface area contributed by atoms with Gasteiger partial charge >= 0.3 is 11.8 Å². The third-order valence-electron chi connectivity index (χ3n) is 6.54. The zero-order chi connectivity index (χ0) is 26.3. The maximum Gasteiger partial charge on any atom is 0.426 e. The number of aromatic nitrogens is 1. The van der Waals surface area contributed by atoms with Gasteiger partial charge in [-0.3, -0.25) is 4.79 Å². The van der Waals surface area contributed by atoms with Crippen LogP contribution in [0.15, 0.2) is 45.7 Å². The predicted molar refractivity (Wildman–Crippen MR) is 122 cm³/mol. The summed E-state index contributed by atoms with van der Waals surface area (Å²) in [4.78, 5) is 24.9. The molecule has 2 heterocycles. The Labute approximate surface area is 207 Å². The molecule has 1 aliphatic rings. The van der Waals surface area contributed by atoms with Gasteiger partial charge in [-0.15, -0.1) is 0 Å². The molecule has 0 aliphatic carbocycles. The van der Waals surface area contributed by atoms with Crippen molar-refractivity contribution in [2.75, 3.05) is 18.5 Å². The Balaban J connectivity index is 1.75. The number of nitrogens with one attached hydrogen (secondary N) is 1. The Hall–Kier alpha value is -3.02. The van der Waals surface area contributed by atoms with E-state index in [0.29, 0.717) is 0 Å². The largest absolute Gasteiger partial charge is 0.426 e. The zero-order valence-corrected chi connectivity index (χ0v) is 19.7. The monoisotopic (exact) mass is 528 g/mol. The summed E-state index contributed by atoms with van der Waals surface area (Å²) < 4.78 is 67.0. The van der Waals surface area contributed by atoms with E-state index in [0.717, 1.165) is 12.1 Å². The highest BCUT2D eigenvalue weighted by Crippen LogP contribution is 2.48.